The van der Waals surface area contributed by atoms with Gasteiger partial charge in [-0.1, -0.05) is 212 Å². The van der Waals surface area contributed by atoms with Crippen molar-refractivity contribution in [1.82, 2.24) is 39.0 Å². The zero-order valence-corrected chi connectivity index (χ0v) is 53.9. The smallest absolute Gasteiger partial charge is 0.456 e. The Labute approximate surface area is 583 Å². The van der Waals surface area contributed by atoms with E-state index in [1.165, 1.54) is 32.6 Å². The molecule has 470 valence electrons. The van der Waals surface area contributed by atoms with Gasteiger partial charge in [0.1, 0.15) is 22.3 Å². The Morgan fingerprint density at radius 2 is 0.694 bits per heavy atom. The minimum Gasteiger partial charge on any atom is -0.456 e. The van der Waals surface area contributed by atoms with Crippen molar-refractivity contribution in [2.24, 2.45) is 0 Å². The number of rotatable bonds is 8. The predicted molar refractivity (Wildman–Crippen MR) is 397 cm³/mol. The molecular formula is C84H60BClN8O4. The molecule has 0 radical (unpaired) electrons. The van der Waals surface area contributed by atoms with Gasteiger partial charge in [0.15, 0.2) is 29.1 Å². The zero-order valence-electron chi connectivity index (χ0n) is 63.1. The molecule has 1 saturated heterocycles. The Hall–Kier alpha value is -11.9. The lowest BCUT2D eigenvalue weighted by atomic mass is 9.79. The Morgan fingerprint density at radius 1 is 0.327 bits per heavy atom. The number of para-hydroxylation sites is 4. The van der Waals surface area contributed by atoms with Gasteiger partial charge in [0, 0.05) is 82.3 Å². The fourth-order valence-electron chi connectivity index (χ4n) is 12.7. The molecule has 1 aliphatic rings. The highest BCUT2D eigenvalue weighted by Crippen LogP contribution is 2.41. The van der Waals surface area contributed by atoms with Crippen LogP contribution < -0.4 is 5.46 Å². The number of fused-ring (bicyclic) bond motifs is 12. The van der Waals surface area contributed by atoms with Crippen LogP contribution in [-0.2, 0) is 9.31 Å². The molecule has 1 fully saturated rings. The molecule has 0 amide bonds. The van der Waals surface area contributed by atoms with Crippen LogP contribution >= 0.6 is 11.6 Å². The van der Waals surface area contributed by atoms with Crippen molar-refractivity contribution in [3.63, 3.8) is 0 Å². The largest absolute Gasteiger partial charge is 0.494 e. The van der Waals surface area contributed by atoms with E-state index in [1.807, 2.05) is 60.7 Å². The monoisotopic (exact) mass is 1300 g/mol. The summed E-state index contributed by atoms with van der Waals surface area (Å²) in [6.45, 7) is 8.29. The van der Waals surface area contributed by atoms with Gasteiger partial charge in [-0.2, -0.15) is 9.97 Å². The van der Waals surface area contributed by atoms with E-state index < -0.39 is 43.4 Å². The van der Waals surface area contributed by atoms with Crippen molar-refractivity contribution in [2.45, 2.75) is 38.9 Å². The molecule has 0 unspecified atom stereocenters. The third-order valence-corrected chi connectivity index (χ3v) is 18.3. The lowest BCUT2D eigenvalue weighted by Gasteiger charge is -2.32. The lowest BCUT2D eigenvalue weighted by molar-refractivity contribution is 0.00578. The average Bonchev–Trinajstić information content (AvgIpc) is 1.68. The minimum absolute atomic E-state index is 0.0126. The Bertz CT molecular complexity index is 6530. The van der Waals surface area contributed by atoms with Crippen LogP contribution in [0.2, 0.25) is 5.28 Å². The first-order valence-electron chi connectivity index (χ1n) is 36.8. The van der Waals surface area contributed by atoms with E-state index in [4.69, 9.17) is 48.4 Å². The highest BCUT2D eigenvalue weighted by Gasteiger charge is 2.52. The number of furan rings is 2. The van der Waals surface area contributed by atoms with E-state index in [0.29, 0.717) is 28.1 Å². The topological polar surface area (TPSA) is 132 Å². The summed E-state index contributed by atoms with van der Waals surface area (Å²) >= 11 is 5.95. The lowest BCUT2D eigenvalue weighted by Crippen LogP contribution is -2.41. The molecule has 0 aliphatic carbocycles. The van der Waals surface area contributed by atoms with Gasteiger partial charge >= 0.3 is 7.12 Å². The highest BCUT2D eigenvalue weighted by molar-refractivity contribution is 6.62. The molecule has 6 aromatic heterocycles. The molecule has 0 N–H and O–H groups in total. The van der Waals surface area contributed by atoms with Crippen LogP contribution in [-0.4, -0.2) is 57.4 Å². The fraction of sp³-hybridized carbons (Fsp3) is 0.0714. The Kier molecular flexibility index (Phi) is 12.4. The quantitative estimate of drug-likeness (QED) is 0.135. The van der Waals surface area contributed by atoms with Crippen LogP contribution in [0.4, 0.5) is 0 Å². The maximum atomic E-state index is 8.56. The van der Waals surface area contributed by atoms with Gasteiger partial charge in [-0.25, -0.2) is 19.9 Å². The first-order valence-corrected chi connectivity index (χ1v) is 32.2. The molecule has 98 heavy (non-hydrogen) atoms. The minimum atomic E-state index is -0.479. The summed E-state index contributed by atoms with van der Waals surface area (Å²) in [6.07, 6.45) is 0. The fourth-order valence-corrected chi connectivity index (χ4v) is 12.9. The standard InChI is InChI=1S/C39H24N4O.C30H26BNO3.C15H10ClN3/c1-3-11-25(12-4-1)37-40-38(26-13-5-2-6-14-26)42-39(41-37)27-19-21-31-32-24-28(20-22-35(32)44-36(31)23-27)43-33-17-9-7-15-29(33)30-16-8-10-18-34(30)43;1-29(2)30(3,4)35-31(34-29)19-13-15-23-24-18-20(14-16-27(24)33-28(23)17-19)32-25-11-7-5-9-21(25)22-10-6-8-12-26(22)32;16-15-18-13(11-7-3-1-4-8-11)17-14(19-15)12-9-5-2-6-10-12/h1-24H;5-18H,1-4H3;1-10H/i1D,3D,4D,11D,12D;;1D,3D,4D,7D,8D. The predicted octanol–water partition coefficient (Wildman–Crippen LogP) is 20.7. The van der Waals surface area contributed by atoms with Gasteiger partial charge in [0.2, 0.25) is 5.28 Å². The van der Waals surface area contributed by atoms with Crippen LogP contribution in [0.5, 0.6) is 0 Å². The van der Waals surface area contributed by atoms with Crippen molar-refractivity contribution in [3.8, 4) is 68.3 Å². The molecule has 19 rings (SSSR count). The number of hydrogen-bond acceptors (Lipinski definition) is 10. The van der Waals surface area contributed by atoms with E-state index in [1.54, 1.807) is 24.3 Å². The average molecular weight is 1300 g/mol. The molecule has 18 aromatic rings. The van der Waals surface area contributed by atoms with Gasteiger partial charge in [-0.15, -0.1) is 0 Å². The van der Waals surface area contributed by atoms with Crippen LogP contribution in [0.3, 0.4) is 0 Å². The summed E-state index contributed by atoms with van der Waals surface area (Å²) in [5.41, 5.74) is 11.9. The summed E-state index contributed by atoms with van der Waals surface area (Å²) in [6, 6.07) is 72.6. The van der Waals surface area contributed by atoms with E-state index in [9.17, 15) is 0 Å². The van der Waals surface area contributed by atoms with Gasteiger partial charge < -0.3 is 27.3 Å². The Balaban J connectivity index is 0.000000127. The maximum Gasteiger partial charge on any atom is 0.494 e. The normalized spacial score (nSPS) is 14.8. The summed E-state index contributed by atoms with van der Waals surface area (Å²) in [5.74, 6) is 0.779. The Morgan fingerprint density at radius 3 is 1.14 bits per heavy atom. The number of benzene rings is 12. The zero-order chi connectivity index (χ0) is 74.8. The number of nitrogens with zero attached hydrogens (tertiary/aromatic N) is 8. The molecule has 7 heterocycles. The first kappa shape index (κ1) is 49.6. The number of hydrogen-bond donors (Lipinski definition) is 0. The molecular weight excluding hydrogens is 1230 g/mol. The van der Waals surface area contributed by atoms with E-state index in [0.717, 1.165) is 66.2 Å². The molecule has 0 spiro atoms. The summed E-state index contributed by atoms with van der Waals surface area (Å²) < 4.78 is 110. The summed E-state index contributed by atoms with van der Waals surface area (Å²) in [5, 5.41) is 8.84. The van der Waals surface area contributed by atoms with Gasteiger partial charge in [-0.05, 0) is 124 Å². The SMILES string of the molecule is CC1(C)OB(c2ccc3c(c2)oc2ccc(-n4c5ccccc5c5ccccc54)cc23)OC1(C)C.[2H]c1c([2H])c([2H])c(-c2nc(-c3ccccc3)nc(-c3ccc4c(c3)oc3ccc(-n5c6ccccc6c6ccccc65)cc34)n2)c([2H])c1[2H].[2H]c1c([2H])c([2H])c(-c2nc(Cl)nc(-c3ccccc3)n2)c([2H])c1[2H]. The van der Waals surface area contributed by atoms with Crippen LogP contribution in [0.15, 0.2) is 300 Å². The molecule has 12 nitrogen and oxygen atoms in total. The molecule has 1 aliphatic heterocycles. The molecule has 12 aromatic carbocycles. The van der Waals surface area contributed by atoms with Crippen molar-refractivity contribution >= 4 is 112 Å². The van der Waals surface area contributed by atoms with Crippen molar-refractivity contribution in [3.05, 3.63) is 296 Å². The third-order valence-electron chi connectivity index (χ3n) is 18.1. The second-order valence-electron chi connectivity index (χ2n) is 24.6. The molecule has 0 saturated carbocycles. The van der Waals surface area contributed by atoms with Crippen molar-refractivity contribution in [1.29, 1.82) is 0 Å². The van der Waals surface area contributed by atoms with Gasteiger partial charge in [0.05, 0.1) is 47.0 Å². The van der Waals surface area contributed by atoms with Gasteiger partial charge in [0.25, 0.3) is 0 Å². The van der Waals surface area contributed by atoms with Crippen LogP contribution in [0.1, 0.15) is 41.4 Å². The van der Waals surface area contributed by atoms with Crippen molar-refractivity contribution < 1.29 is 31.9 Å². The van der Waals surface area contributed by atoms with Crippen LogP contribution in [0.25, 0.3) is 156 Å². The van der Waals surface area contributed by atoms with E-state index in [2.05, 4.69) is 207 Å². The third kappa shape index (κ3) is 10.9. The first-order chi connectivity index (χ1) is 52.1. The maximum absolute atomic E-state index is 8.56. The second-order valence-corrected chi connectivity index (χ2v) is 25.0. The molecule has 14 heteroatoms. The van der Waals surface area contributed by atoms with Gasteiger partial charge in [-0.3, -0.25) is 0 Å². The van der Waals surface area contributed by atoms with Crippen molar-refractivity contribution in [2.75, 3.05) is 0 Å². The molecule has 0 bridgehead atoms. The van der Waals surface area contributed by atoms with Crippen LogP contribution in [0, 0.1) is 0 Å². The second kappa shape index (κ2) is 24.4. The summed E-state index contributed by atoms with van der Waals surface area (Å²) in [7, 11) is -0.411. The van der Waals surface area contributed by atoms with E-state index >= 15 is 0 Å². The van der Waals surface area contributed by atoms with E-state index in [-0.39, 0.29) is 75.1 Å². The number of halogens is 1. The number of aromatic nitrogens is 8. The molecule has 0 atom stereocenters. The highest BCUT2D eigenvalue weighted by atomic mass is 35.5. The summed E-state index contributed by atoms with van der Waals surface area (Å²) in [4.78, 5) is 26.2.